The first-order chi connectivity index (χ1) is 13.9. The Kier molecular flexibility index (Phi) is 6.65. The minimum absolute atomic E-state index is 0. The van der Waals surface area contributed by atoms with E-state index in [-0.39, 0.29) is 23.8 Å². The molecule has 0 aliphatic rings. The van der Waals surface area contributed by atoms with Gasteiger partial charge in [0.1, 0.15) is 11.3 Å². The Labute approximate surface area is 183 Å². The van der Waals surface area contributed by atoms with E-state index in [2.05, 4.69) is 4.98 Å². The number of benzene rings is 3. The number of hydrogen-bond donors (Lipinski definition) is 0. The molecule has 4 nitrogen and oxygen atoms in total. The first-order valence-corrected chi connectivity index (χ1v) is 9.95. The van der Waals surface area contributed by atoms with Crippen molar-refractivity contribution in [2.24, 2.45) is 0 Å². The van der Waals surface area contributed by atoms with Crippen molar-refractivity contribution in [2.75, 3.05) is 32.1 Å². The Balaban J connectivity index is 0.00000256. The second-order valence-corrected chi connectivity index (χ2v) is 8.03. The zero-order valence-corrected chi connectivity index (χ0v) is 18.1. The summed E-state index contributed by atoms with van der Waals surface area (Å²) >= 11 is 1.11. The van der Waals surface area contributed by atoms with Gasteiger partial charge in [0, 0.05) is 24.7 Å². The molecule has 0 radical (unpaired) electrons. The summed E-state index contributed by atoms with van der Waals surface area (Å²) in [5.41, 5.74) is 0.625. The summed E-state index contributed by atoms with van der Waals surface area (Å²) in [6.45, 7) is 0.974. The third-order valence-corrected chi connectivity index (χ3v) is 5.69. The predicted molar refractivity (Wildman–Crippen MR) is 121 cm³/mol. The first-order valence-electron chi connectivity index (χ1n) is 9.14. The van der Waals surface area contributed by atoms with E-state index in [1.807, 2.05) is 55.4 Å². The van der Waals surface area contributed by atoms with Crippen LogP contribution >= 0.6 is 23.7 Å². The lowest BCUT2D eigenvalue weighted by Gasteiger charge is -2.22. The monoisotopic (exact) mass is 447 g/mol. The molecule has 30 heavy (non-hydrogen) atoms. The Morgan fingerprint density at radius 2 is 1.77 bits per heavy atom. The summed E-state index contributed by atoms with van der Waals surface area (Å²) in [6.07, 6.45) is 0. The van der Waals surface area contributed by atoms with Crippen molar-refractivity contribution >= 4 is 55.8 Å². The molecule has 0 aliphatic carbocycles. The fraction of sp³-hybridized carbons (Fsp3) is 0.182. The van der Waals surface area contributed by atoms with E-state index in [1.54, 1.807) is 11.0 Å². The second-order valence-electron chi connectivity index (χ2n) is 7.02. The van der Waals surface area contributed by atoms with Crippen LogP contribution in [0.5, 0.6) is 0 Å². The van der Waals surface area contributed by atoms with E-state index in [1.165, 1.54) is 6.07 Å². The number of aromatic nitrogens is 1. The minimum atomic E-state index is -0.729. The fourth-order valence-corrected chi connectivity index (χ4v) is 4.23. The maximum absolute atomic E-state index is 14.2. The lowest BCUT2D eigenvalue weighted by molar-refractivity contribution is 0.0987. The molecule has 0 saturated carbocycles. The molecule has 0 saturated heterocycles. The van der Waals surface area contributed by atoms with Crippen molar-refractivity contribution in [3.8, 4) is 0 Å². The molecule has 0 atom stereocenters. The van der Waals surface area contributed by atoms with Gasteiger partial charge in [-0.05, 0) is 37.0 Å². The van der Waals surface area contributed by atoms with Gasteiger partial charge in [-0.1, -0.05) is 47.7 Å². The van der Waals surface area contributed by atoms with Crippen molar-refractivity contribution in [1.82, 2.24) is 9.88 Å². The summed E-state index contributed by atoms with van der Waals surface area (Å²) in [4.78, 5) is 21.3. The molecule has 4 rings (SSSR count). The van der Waals surface area contributed by atoms with Crippen LogP contribution in [0.15, 0.2) is 54.6 Å². The zero-order valence-electron chi connectivity index (χ0n) is 16.4. The molecule has 0 N–H and O–H groups in total. The van der Waals surface area contributed by atoms with Gasteiger partial charge in [0.2, 0.25) is 0 Å². The first kappa shape index (κ1) is 22.1. The van der Waals surface area contributed by atoms with Crippen molar-refractivity contribution in [2.45, 2.75) is 0 Å². The number of carbonyl (C=O) groups excluding carboxylic acids is 1. The van der Waals surface area contributed by atoms with Crippen LogP contribution in [0.1, 0.15) is 10.4 Å². The van der Waals surface area contributed by atoms with E-state index in [9.17, 15) is 13.6 Å². The summed E-state index contributed by atoms with van der Waals surface area (Å²) in [7, 11) is 3.82. The van der Waals surface area contributed by atoms with Crippen LogP contribution in [0, 0.1) is 11.6 Å². The molecule has 1 heterocycles. The Morgan fingerprint density at radius 3 is 2.53 bits per heavy atom. The number of rotatable bonds is 5. The van der Waals surface area contributed by atoms with E-state index in [0.717, 1.165) is 28.2 Å². The van der Waals surface area contributed by atoms with Crippen molar-refractivity contribution in [3.63, 3.8) is 0 Å². The van der Waals surface area contributed by atoms with Gasteiger partial charge in [0.15, 0.2) is 10.9 Å². The highest BCUT2D eigenvalue weighted by molar-refractivity contribution is 7.22. The largest absolute Gasteiger partial charge is 0.308 e. The molecule has 0 aliphatic heterocycles. The average Bonchev–Trinajstić information content (AvgIpc) is 3.11. The SMILES string of the molecule is CN(C)CCN(C(=O)c1cccc2ccccc12)c1nc2c(F)cc(F)cc2s1.Cl. The summed E-state index contributed by atoms with van der Waals surface area (Å²) in [5, 5.41) is 2.15. The maximum Gasteiger partial charge on any atom is 0.260 e. The van der Waals surface area contributed by atoms with Gasteiger partial charge in [0.25, 0.3) is 5.91 Å². The number of hydrogen-bond acceptors (Lipinski definition) is 4. The Bertz CT molecular complexity index is 1210. The highest BCUT2D eigenvalue weighted by Gasteiger charge is 2.24. The van der Waals surface area contributed by atoms with Gasteiger partial charge < -0.3 is 4.90 Å². The van der Waals surface area contributed by atoms with Crippen LogP contribution in [-0.2, 0) is 0 Å². The molecule has 1 aromatic heterocycles. The van der Waals surface area contributed by atoms with Gasteiger partial charge >= 0.3 is 0 Å². The number of likely N-dealkylation sites (N-methyl/N-ethyl adjacent to an activating group) is 1. The van der Waals surface area contributed by atoms with Gasteiger partial charge in [-0.25, -0.2) is 13.8 Å². The summed E-state index contributed by atoms with van der Waals surface area (Å²) in [5.74, 6) is -1.61. The number of thiazole rings is 1. The third-order valence-electron chi connectivity index (χ3n) is 4.67. The number of nitrogens with zero attached hydrogens (tertiary/aromatic N) is 3. The maximum atomic E-state index is 14.2. The molecule has 156 valence electrons. The van der Waals surface area contributed by atoms with Gasteiger partial charge in [0.05, 0.1) is 4.70 Å². The number of anilines is 1. The summed E-state index contributed by atoms with van der Waals surface area (Å²) < 4.78 is 28.1. The van der Waals surface area contributed by atoms with E-state index in [0.29, 0.717) is 28.5 Å². The number of carbonyl (C=O) groups is 1. The molecule has 1 amide bonds. The molecular weight excluding hydrogens is 428 g/mol. The average molecular weight is 448 g/mol. The van der Waals surface area contributed by atoms with E-state index in [4.69, 9.17) is 0 Å². The number of halogens is 3. The van der Waals surface area contributed by atoms with Crippen LogP contribution in [0.25, 0.3) is 21.0 Å². The third kappa shape index (κ3) is 4.28. The minimum Gasteiger partial charge on any atom is -0.308 e. The standard InChI is InChI=1S/C22H19F2N3OS.ClH/c1-26(2)10-11-27(22-25-20-18(24)12-15(23)13-19(20)29-22)21(28)17-9-5-7-14-6-3-4-8-16(14)17;/h3-9,12-13H,10-11H2,1-2H3;1H. The van der Waals surface area contributed by atoms with Crippen LogP contribution in [0.4, 0.5) is 13.9 Å². The lowest BCUT2D eigenvalue weighted by atomic mass is 10.0. The van der Waals surface area contributed by atoms with Gasteiger partial charge in [-0.3, -0.25) is 9.69 Å². The normalized spacial score (nSPS) is 11.1. The van der Waals surface area contributed by atoms with Crippen molar-refractivity contribution in [3.05, 3.63) is 71.8 Å². The van der Waals surface area contributed by atoms with E-state index < -0.39 is 11.6 Å². The molecule has 0 spiro atoms. The molecule has 3 aromatic carbocycles. The van der Waals surface area contributed by atoms with E-state index >= 15 is 0 Å². The smallest absolute Gasteiger partial charge is 0.260 e. The zero-order chi connectivity index (χ0) is 20.5. The van der Waals surface area contributed by atoms with Gasteiger partial charge in [-0.15, -0.1) is 12.4 Å². The van der Waals surface area contributed by atoms with Crippen molar-refractivity contribution < 1.29 is 13.6 Å². The quantitative estimate of drug-likeness (QED) is 0.413. The summed E-state index contributed by atoms with van der Waals surface area (Å²) in [6, 6.07) is 15.3. The molecule has 8 heteroatoms. The highest BCUT2D eigenvalue weighted by Crippen LogP contribution is 2.32. The number of amides is 1. The number of fused-ring (bicyclic) bond motifs is 2. The molecule has 0 fully saturated rings. The van der Waals surface area contributed by atoms with Crippen LogP contribution < -0.4 is 4.90 Å². The Hall–Kier alpha value is -2.61. The fourth-order valence-electron chi connectivity index (χ4n) is 3.20. The van der Waals surface area contributed by atoms with Gasteiger partial charge in [-0.2, -0.15) is 0 Å². The molecular formula is C22H20ClF2N3OS. The molecule has 0 unspecified atom stereocenters. The second kappa shape index (κ2) is 9.04. The van der Waals surface area contributed by atoms with Crippen LogP contribution in [0.3, 0.4) is 0 Å². The van der Waals surface area contributed by atoms with Crippen molar-refractivity contribution in [1.29, 1.82) is 0 Å². The topological polar surface area (TPSA) is 36.4 Å². The highest BCUT2D eigenvalue weighted by atomic mass is 35.5. The van der Waals surface area contributed by atoms with Crippen LogP contribution in [-0.4, -0.2) is 43.0 Å². The Morgan fingerprint density at radius 1 is 1.03 bits per heavy atom. The van der Waals surface area contributed by atoms with Crippen LogP contribution in [0.2, 0.25) is 0 Å². The predicted octanol–water partition coefficient (Wildman–Crippen LogP) is 5.36. The molecule has 0 bridgehead atoms. The lowest BCUT2D eigenvalue weighted by Crippen LogP contribution is -2.36. The molecule has 4 aromatic rings.